The molecule has 0 unspecified atom stereocenters. The molecule has 0 radical (unpaired) electrons. The van der Waals surface area contributed by atoms with Crippen LogP contribution >= 0.6 is 0 Å². The van der Waals surface area contributed by atoms with Gasteiger partial charge in [-0.25, -0.2) is 0 Å². The van der Waals surface area contributed by atoms with E-state index in [1.807, 2.05) is 0 Å². The Labute approximate surface area is 399 Å². The lowest BCUT2D eigenvalue weighted by Gasteiger charge is -2.18. The molecular formula is C58H110O6. The van der Waals surface area contributed by atoms with Gasteiger partial charge >= 0.3 is 17.9 Å². The molecule has 0 aromatic carbocycles. The highest BCUT2D eigenvalue weighted by molar-refractivity contribution is 5.71. The molecule has 6 heteroatoms. The SMILES string of the molecule is CCCCCCCC/C=C\CCCCCCCC(=O)O[C@@H](COC(=O)CCCCCCCCCCCCCC)COC(=O)CCCCCCCCCCCCCCCCCCCCC. The molecule has 0 amide bonds. The summed E-state index contributed by atoms with van der Waals surface area (Å²) in [6, 6.07) is 0. The van der Waals surface area contributed by atoms with E-state index in [4.69, 9.17) is 14.2 Å². The van der Waals surface area contributed by atoms with Gasteiger partial charge in [0.15, 0.2) is 6.10 Å². The standard InChI is InChI=1S/C58H110O6/c1-4-7-10-13-16-19-22-25-27-28-29-30-32-33-36-39-42-45-48-51-57(60)63-54-55(53-62-56(59)50-47-44-41-38-35-24-21-18-15-12-9-6-3)64-58(61)52-49-46-43-40-37-34-31-26-23-20-17-14-11-8-5-2/h26,31,55H,4-25,27-30,32-54H2,1-3H3/b31-26-/t55-/m0/s1. The third kappa shape index (κ3) is 51.1. The minimum Gasteiger partial charge on any atom is -0.462 e. The van der Waals surface area contributed by atoms with Gasteiger partial charge in [0.1, 0.15) is 13.2 Å². The second-order valence-corrected chi connectivity index (χ2v) is 19.6. The highest BCUT2D eigenvalue weighted by Crippen LogP contribution is 2.17. The Bertz CT molecular complexity index is 993. The fourth-order valence-corrected chi connectivity index (χ4v) is 8.68. The first-order valence-corrected chi connectivity index (χ1v) is 28.7. The van der Waals surface area contributed by atoms with Crippen LogP contribution in [0.1, 0.15) is 323 Å². The Morgan fingerprint density at radius 1 is 0.297 bits per heavy atom. The molecule has 378 valence electrons. The Morgan fingerprint density at radius 3 is 0.781 bits per heavy atom. The van der Waals surface area contributed by atoms with Gasteiger partial charge in [-0.1, -0.05) is 270 Å². The predicted octanol–water partition coefficient (Wildman–Crippen LogP) is 18.9. The summed E-state index contributed by atoms with van der Waals surface area (Å²) in [6.07, 6.45) is 60.6. The molecule has 64 heavy (non-hydrogen) atoms. The Balaban J connectivity index is 4.28. The molecule has 6 nitrogen and oxygen atoms in total. The van der Waals surface area contributed by atoms with E-state index in [0.717, 1.165) is 64.2 Å². The Morgan fingerprint density at radius 2 is 0.516 bits per heavy atom. The van der Waals surface area contributed by atoms with Crippen LogP contribution in [0.3, 0.4) is 0 Å². The fourth-order valence-electron chi connectivity index (χ4n) is 8.68. The molecule has 0 aliphatic heterocycles. The van der Waals surface area contributed by atoms with Gasteiger partial charge in [-0.15, -0.1) is 0 Å². The number of unbranched alkanes of at least 4 members (excludes halogenated alkanes) is 40. The molecule has 0 spiro atoms. The largest absolute Gasteiger partial charge is 0.462 e. The van der Waals surface area contributed by atoms with Crippen LogP contribution in [-0.2, 0) is 28.6 Å². The Hall–Kier alpha value is -1.85. The predicted molar refractivity (Wildman–Crippen MR) is 275 cm³/mol. The maximum absolute atomic E-state index is 12.8. The lowest BCUT2D eigenvalue weighted by atomic mass is 10.0. The van der Waals surface area contributed by atoms with Crippen LogP contribution in [0.4, 0.5) is 0 Å². The van der Waals surface area contributed by atoms with Gasteiger partial charge in [-0.05, 0) is 44.9 Å². The van der Waals surface area contributed by atoms with E-state index in [9.17, 15) is 14.4 Å². The number of hydrogen-bond donors (Lipinski definition) is 0. The van der Waals surface area contributed by atoms with Crippen molar-refractivity contribution in [1.82, 2.24) is 0 Å². The van der Waals surface area contributed by atoms with Gasteiger partial charge in [0.25, 0.3) is 0 Å². The van der Waals surface area contributed by atoms with Crippen molar-refractivity contribution in [3.05, 3.63) is 12.2 Å². The molecule has 0 saturated heterocycles. The third-order valence-electron chi connectivity index (χ3n) is 13.0. The van der Waals surface area contributed by atoms with Crippen molar-refractivity contribution in [3.8, 4) is 0 Å². The first kappa shape index (κ1) is 62.1. The van der Waals surface area contributed by atoms with E-state index in [2.05, 4.69) is 32.9 Å². The van der Waals surface area contributed by atoms with Crippen LogP contribution in [0.5, 0.6) is 0 Å². The summed E-state index contributed by atoms with van der Waals surface area (Å²) in [5, 5.41) is 0. The second kappa shape index (κ2) is 53.8. The van der Waals surface area contributed by atoms with Crippen LogP contribution in [0.15, 0.2) is 12.2 Å². The highest BCUT2D eigenvalue weighted by atomic mass is 16.6. The summed E-state index contributed by atoms with van der Waals surface area (Å²) in [5.74, 6) is -0.853. The number of carbonyl (C=O) groups is 3. The monoisotopic (exact) mass is 903 g/mol. The minimum atomic E-state index is -0.768. The first-order chi connectivity index (χ1) is 31.5. The molecule has 0 aromatic heterocycles. The second-order valence-electron chi connectivity index (χ2n) is 19.6. The highest BCUT2D eigenvalue weighted by Gasteiger charge is 2.19. The minimum absolute atomic E-state index is 0.0675. The summed E-state index contributed by atoms with van der Waals surface area (Å²) in [7, 11) is 0. The quantitative estimate of drug-likeness (QED) is 0.0262. The molecule has 0 aliphatic rings. The van der Waals surface area contributed by atoms with Gasteiger partial charge in [0.05, 0.1) is 0 Å². The molecule has 0 N–H and O–H groups in total. The molecule has 0 heterocycles. The van der Waals surface area contributed by atoms with Crippen LogP contribution in [0, 0.1) is 0 Å². The van der Waals surface area contributed by atoms with Crippen molar-refractivity contribution in [3.63, 3.8) is 0 Å². The van der Waals surface area contributed by atoms with E-state index in [1.54, 1.807) is 0 Å². The maximum Gasteiger partial charge on any atom is 0.306 e. The molecule has 0 aromatic rings. The van der Waals surface area contributed by atoms with Gasteiger partial charge in [-0.3, -0.25) is 14.4 Å². The molecule has 0 bridgehead atoms. The van der Waals surface area contributed by atoms with Crippen molar-refractivity contribution in [2.75, 3.05) is 13.2 Å². The van der Waals surface area contributed by atoms with Crippen LogP contribution in [0.2, 0.25) is 0 Å². The summed E-state index contributed by atoms with van der Waals surface area (Å²) in [4.78, 5) is 38.1. The van der Waals surface area contributed by atoms with E-state index in [0.29, 0.717) is 19.3 Å². The van der Waals surface area contributed by atoms with E-state index >= 15 is 0 Å². The number of allylic oxidation sites excluding steroid dienone is 2. The summed E-state index contributed by atoms with van der Waals surface area (Å²) in [5.41, 5.74) is 0. The van der Waals surface area contributed by atoms with Crippen LogP contribution in [-0.4, -0.2) is 37.2 Å². The van der Waals surface area contributed by atoms with Crippen molar-refractivity contribution in [1.29, 1.82) is 0 Å². The number of carbonyl (C=O) groups excluding carboxylic acids is 3. The number of esters is 3. The van der Waals surface area contributed by atoms with Crippen molar-refractivity contribution in [2.45, 2.75) is 329 Å². The molecule has 1 atom stereocenters. The summed E-state index contributed by atoms with van der Waals surface area (Å²) >= 11 is 0. The first-order valence-electron chi connectivity index (χ1n) is 28.7. The van der Waals surface area contributed by atoms with E-state index in [-0.39, 0.29) is 31.1 Å². The zero-order valence-electron chi connectivity index (χ0n) is 43.3. The van der Waals surface area contributed by atoms with E-state index in [1.165, 1.54) is 218 Å². The maximum atomic E-state index is 12.8. The van der Waals surface area contributed by atoms with E-state index < -0.39 is 6.10 Å². The topological polar surface area (TPSA) is 78.9 Å². The lowest BCUT2D eigenvalue weighted by Crippen LogP contribution is -2.30. The van der Waals surface area contributed by atoms with Gasteiger partial charge in [0, 0.05) is 19.3 Å². The average Bonchev–Trinajstić information content (AvgIpc) is 3.29. The summed E-state index contributed by atoms with van der Waals surface area (Å²) < 4.78 is 16.9. The average molecular weight is 904 g/mol. The summed E-state index contributed by atoms with van der Waals surface area (Å²) in [6.45, 7) is 6.68. The molecule has 0 rings (SSSR count). The van der Waals surface area contributed by atoms with Crippen LogP contribution < -0.4 is 0 Å². The molecule has 0 saturated carbocycles. The molecule has 0 fully saturated rings. The fraction of sp³-hybridized carbons (Fsp3) is 0.914. The smallest absolute Gasteiger partial charge is 0.306 e. The zero-order chi connectivity index (χ0) is 46.5. The third-order valence-corrected chi connectivity index (χ3v) is 13.0. The normalized spacial score (nSPS) is 12.0. The zero-order valence-corrected chi connectivity index (χ0v) is 43.3. The molecular weight excluding hydrogens is 793 g/mol. The van der Waals surface area contributed by atoms with Gasteiger partial charge in [-0.2, -0.15) is 0 Å². The Kier molecular flexibility index (Phi) is 52.2. The number of rotatable bonds is 53. The van der Waals surface area contributed by atoms with Gasteiger partial charge < -0.3 is 14.2 Å². The van der Waals surface area contributed by atoms with Crippen LogP contribution in [0.25, 0.3) is 0 Å². The van der Waals surface area contributed by atoms with Gasteiger partial charge in [0.2, 0.25) is 0 Å². The van der Waals surface area contributed by atoms with Crippen molar-refractivity contribution in [2.24, 2.45) is 0 Å². The number of hydrogen-bond acceptors (Lipinski definition) is 6. The lowest BCUT2D eigenvalue weighted by molar-refractivity contribution is -0.167. The molecule has 0 aliphatic carbocycles. The van der Waals surface area contributed by atoms with Crippen molar-refractivity contribution >= 4 is 17.9 Å². The number of ether oxygens (including phenoxy) is 3. The van der Waals surface area contributed by atoms with Crippen molar-refractivity contribution < 1.29 is 28.6 Å².